The molecule has 20 heavy (non-hydrogen) atoms. The molecule has 5 nitrogen and oxygen atoms in total. The molecule has 2 rings (SSSR count). The Kier molecular flexibility index (Phi) is 4.94. The van der Waals surface area contributed by atoms with Gasteiger partial charge in [-0.15, -0.1) is 0 Å². The number of benzene rings is 1. The van der Waals surface area contributed by atoms with Crippen LogP contribution in [-0.4, -0.2) is 15.0 Å². The summed E-state index contributed by atoms with van der Waals surface area (Å²) in [4.78, 5) is 7.31. The van der Waals surface area contributed by atoms with Gasteiger partial charge >= 0.3 is 0 Å². The Balaban J connectivity index is 1.76. The van der Waals surface area contributed by atoms with Crippen molar-refractivity contribution in [3.8, 4) is 0 Å². The first-order chi connectivity index (χ1) is 9.58. The summed E-state index contributed by atoms with van der Waals surface area (Å²) in [7, 11) is -3.61. The van der Waals surface area contributed by atoms with Gasteiger partial charge in [-0.25, -0.2) is 8.42 Å². The van der Waals surface area contributed by atoms with Crippen LogP contribution in [0.1, 0.15) is 17.7 Å². The van der Waals surface area contributed by atoms with Crippen molar-refractivity contribution in [1.82, 2.24) is 4.89 Å². The predicted octanol–water partition coefficient (Wildman–Crippen LogP) is 2.43. The minimum Gasteiger partial charge on any atom is -0.469 e. The minimum absolute atomic E-state index is 0.189. The molecule has 6 heteroatoms. The average molecular weight is 295 g/mol. The molecule has 0 unspecified atom stereocenters. The molecule has 1 aromatic heterocycles. The molecule has 0 spiro atoms. The van der Waals surface area contributed by atoms with Crippen molar-refractivity contribution in [2.75, 3.05) is 6.61 Å². The summed E-state index contributed by atoms with van der Waals surface area (Å²) in [6.07, 6.45) is 2.99. The molecule has 2 aromatic rings. The molecule has 1 heterocycles. The molecular formula is C14H17NO4S. The van der Waals surface area contributed by atoms with E-state index in [0.29, 0.717) is 12.8 Å². The third-order valence-electron chi connectivity index (χ3n) is 2.75. The van der Waals surface area contributed by atoms with Crippen LogP contribution in [0.15, 0.2) is 52.0 Å². The second-order valence-electron chi connectivity index (χ2n) is 4.43. The van der Waals surface area contributed by atoms with E-state index in [-0.39, 0.29) is 11.5 Å². The van der Waals surface area contributed by atoms with Gasteiger partial charge < -0.3 is 4.42 Å². The molecule has 108 valence electrons. The Morgan fingerprint density at radius 3 is 2.60 bits per heavy atom. The molecule has 0 fully saturated rings. The van der Waals surface area contributed by atoms with E-state index in [2.05, 4.69) is 4.89 Å². The predicted molar refractivity (Wildman–Crippen MR) is 74.5 cm³/mol. The maximum Gasteiger partial charge on any atom is 0.262 e. The normalized spacial score (nSPS) is 11.7. The zero-order valence-corrected chi connectivity index (χ0v) is 12.0. The van der Waals surface area contributed by atoms with E-state index < -0.39 is 10.0 Å². The molecule has 0 aliphatic carbocycles. The Morgan fingerprint density at radius 2 is 1.95 bits per heavy atom. The fraction of sp³-hybridized carbons (Fsp3) is 0.286. The quantitative estimate of drug-likeness (QED) is 0.629. The van der Waals surface area contributed by atoms with Gasteiger partial charge in [-0.3, -0.25) is 4.84 Å². The zero-order valence-electron chi connectivity index (χ0n) is 11.2. The molecule has 0 radical (unpaired) electrons. The monoisotopic (exact) mass is 295 g/mol. The highest BCUT2D eigenvalue weighted by atomic mass is 32.2. The molecule has 1 N–H and O–H groups in total. The standard InChI is InChI=1S/C14H17NO4S/c1-12-6-8-14(9-7-12)20(16,17)15-19-11-3-5-13-4-2-10-18-13/h2,4,6-10,15H,3,5,11H2,1H3. The highest BCUT2D eigenvalue weighted by Crippen LogP contribution is 2.10. The van der Waals surface area contributed by atoms with E-state index in [1.54, 1.807) is 30.5 Å². The maximum atomic E-state index is 11.9. The number of rotatable bonds is 7. The zero-order chi connectivity index (χ0) is 14.4. The number of aryl methyl sites for hydroxylation is 2. The van der Waals surface area contributed by atoms with Crippen molar-refractivity contribution in [1.29, 1.82) is 0 Å². The largest absolute Gasteiger partial charge is 0.469 e. The number of furan rings is 1. The summed E-state index contributed by atoms with van der Waals surface area (Å²) in [5.41, 5.74) is 1.00. The minimum atomic E-state index is -3.61. The van der Waals surface area contributed by atoms with Crippen molar-refractivity contribution < 1.29 is 17.7 Å². The highest BCUT2D eigenvalue weighted by Gasteiger charge is 2.13. The van der Waals surface area contributed by atoms with Crippen LogP contribution < -0.4 is 4.89 Å². The lowest BCUT2D eigenvalue weighted by molar-refractivity contribution is 0.0905. The van der Waals surface area contributed by atoms with Crippen LogP contribution in [0, 0.1) is 6.92 Å². The molecule has 0 amide bonds. The van der Waals surface area contributed by atoms with E-state index in [9.17, 15) is 8.42 Å². The van der Waals surface area contributed by atoms with Gasteiger partial charge in [-0.05, 0) is 37.6 Å². The van der Waals surface area contributed by atoms with Crippen molar-refractivity contribution >= 4 is 10.0 Å². The topological polar surface area (TPSA) is 68.5 Å². The van der Waals surface area contributed by atoms with Gasteiger partial charge in [0.05, 0.1) is 17.8 Å². The lowest BCUT2D eigenvalue weighted by Crippen LogP contribution is -2.24. The van der Waals surface area contributed by atoms with Gasteiger partial charge in [-0.2, -0.15) is 0 Å². The Bertz CT molecular complexity index is 618. The van der Waals surface area contributed by atoms with Crippen LogP contribution in [0.2, 0.25) is 0 Å². The molecule has 0 bridgehead atoms. The summed E-state index contributed by atoms with van der Waals surface area (Å²) in [6, 6.07) is 10.3. The summed E-state index contributed by atoms with van der Waals surface area (Å²) in [5.74, 6) is 0.856. The SMILES string of the molecule is Cc1ccc(S(=O)(=O)NOCCCc2ccco2)cc1. The van der Waals surface area contributed by atoms with Crippen molar-refractivity contribution in [2.24, 2.45) is 0 Å². The molecule has 0 saturated heterocycles. The first-order valence-corrected chi connectivity index (χ1v) is 7.79. The fourth-order valence-electron chi connectivity index (χ4n) is 1.66. The lowest BCUT2D eigenvalue weighted by Gasteiger charge is -2.07. The van der Waals surface area contributed by atoms with Crippen molar-refractivity contribution in [2.45, 2.75) is 24.7 Å². The van der Waals surface area contributed by atoms with E-state index in [1.807, 2.05) is 19.1 Å². The van der Waals surface area contributed by atoms with Crippen LogP contribution in [0.5, 0.6) is 0 Å². The molecule has 0 aliphatic rings. The number of hydrogen-bond donors (Lipinski definition) is 1. The highest BCUT2D eigenvalue weighted by molar-refractivity contribution is 7.89. The second kappa shape index (κ2) is 6.69. The first-order valence-electron chi connectivity index (χ1n) is 6.30. The molecule has 0 saturated carbocycles. The molecule has 0 aliphatic heterocycles. The lowest BCUT2D eigenvalue weighted by atomic mass is 10.2. The van der Waals surface area contributed by atoms with Gasteiger partial charge in [0.1, 0.15) is 5.76 Å². The molecular weight excluding hydrogens is 278 g/mol. The Morgan fingerprint density at radius 1 is 1.20 bits per heavy atom. The van der Waals surface area contributed by atoms with E-state index >= 15 is 0 Å². The summed E-state index contributed by atoms with van der Waals surface area (Å²) >= 11 is 0. The number of sulfonamides is 1. The average Bonchev–Trinajstić information content (AvgIpc) is 2.92. The van der Waals surface area contributed by atoms with Crippen LogP contribution in [0.25, 0.3) is 0 Å². The smallest absolute Gasteiger partial charge is 0.262 e. The maximum absolute atomic E-state index is 11.9. The van der Waals surface area contributed by atoms with Gasteiger partial charge in [0.2, 0.25) is 0 Å². The van der Waals surface area contributed by atoms with Crippen LogP contribution in [0.4, 0.5) is 0 Å². The van der Waals surface area contributed by atoms with Gasteiger partial charge in [0.25, 0.3) is 10.0 Å². The fourth-order valence-corrected chi connectivity index (χ4v) is 2.49. The van der Waals surface area contributed by atoms with Gasteiger partial charge in [0.15, 0.2) is 0 Å². The van der Waals surface area contributed by atoms with Crippen LogP contribution in [0.3, 0.4) is 0 Å². The Hall–Kier alpha value is -1.63. The summed E-state index contributed by atoms with van der Waals surface area (Å²) < 4.78 is 28.9. The van der Waals surface area contributed by atoms with Gasteiger partial charge in [-0.1, -0.05) is 22.6 Å². The Labute approximate surface area is 118 Å². The van der Waals surface area contributed by atoms with Crippen LogP contribution in [-0.2, 0) is 21.3 Å². The van der Waals surface area contributed by atoms with E-state index in [1.165, 1.54) is 0 Å². The van der Waals surface area contributed by atoms with Crippen molar-refractivity contribution in [3.63, 3.8) is 0 Å². The third kappa shape index (κ3) is 4.19. The van der Waals surface area contributed by atoms with Crippen molar-refractivity contribution in [3.05, 3.63) is 54.0 Å². The second-order valence-corrected chi connectivity index (χ2v) is 6.08. The van der Waals surface area contributed by atoms with Gasteiger partial charge in [0, 0.05) is 6.42 Å². The first kappa shape index (κ1) is 14.8. The third-order valence-corrected chi connectivity index (χ3v) is 3.98. The van der Waals surface area contributed by atoms with E-state index in [0.717, 1.165) is 11.3 Å². The number of hydrogen-bond acceptors (Lipinski definition) is 4. The van der Waals surface area contributed by atoms with E-state index in [4.69, 9.17) is 9.25 Å². The number of nitrogens with one attached hydrogen (secondary N) is 1. The van der Waals surface area contributed by atoms with Crippen LogP contribution >= 0.6 is 0 Å². The molecule has 0 atom stereocenters. The summed E-state index contributed by atoms with van der Waals surface area (Å²) in [6.45, 7) is 2.18. The summed E-state index contributed by atoms with van der Waals surface area (Å²) in [5, 5.41) is 0. The molecule has 1 aromatic carbocycles.